The van der Waals surface area contributed by atoms with Crippen molar-refractivity contribution in [1.82, 2.24) is 14.8 Å². The molecule has 2 aromatic heterocycles. The van der Waals surface area contributed by atoms with Crippen LogP contribution >= 0.6 is 11.6 Å². The Kier molecular flexibility index (Phi) is 3.69. The van der Waals surface area contributed by atoms with E-state index < -0.39 is 5.41 Å². The number of nitrogens with zero attached hydrogens (tertiary/aromatic N) is 4. The van der Waals surface area contributed by atoms with Gasteiger partial charge in [-0.1, -0.05) is 17.7 Å². The predicted octanol–water partition coefficient (Wildman–Crippen LogP) is 2.62. The number of hydrogen-bond donors (Lipinski definition) is 0. The Morgan fingerprint density at radius 1 is 1.45 bits per heavy atom. The minimum Gasteiger partial charge on any atom is -0.481 e. The van der Waals surface area contributed by atoms with Gasteiger partial charge in [-0.05, 0) is 26.0 Å². The van der Waals surface area contributed by atoms with Crippen LogP contribution in [0.2, 0.25) is 5.15 Å². The van der Waals surface area contributed by atoms with Crippen LogP contribution < -0.4 is 4.74 Å². The summed E-state index contributed by atoms with van der Waals surface area (Å²) in [6, 6.07) is 7.54. The number of pyridine rings is 1. The number of aromatic nitrogens is 3. The number of nitriles is 1. The van der Waals surface area contributed by atoms with Crippen LogP contribution in [0.4, 0.5) is 0 Å². The highest BCUT2D eigenvalue weighted by atomic mass is 35.5. The summed E-state index contributed by atoms with van der Waals surface area (Å²) in [5, 5.41) is 14.4. The van der Waals surface area contributed by atoms with Crippen molar-refractivity contribution >= 4 is 11.6 Å². The second kappa shape index (κ2) is 5.14. The maximum absolute atomic E-state index is 9.71. The van der Waals surface area contributed by atoms with Gasteiger partial charge in [0.1, 0.15) is 10.6 Å². The maximum Gasteiger partial charge on any atom is 0.216 e. The van der Waals surface area contributed by atoms with E-state index in [1.165, 1.54) is 0 Å². The van der Waals surface area contributed by atoms with Gasteiger partial charge in [0.05, 0.1) is 30.1 Å². The Morgan fingerprint density at radius 3 is 2.70 bits per heavy atom. The SMILES string of the molecule is COc1c(C(C)(C#N)c2cccc(Cl)n2)c(C)nn1C. The van der Waals surface area contributed by atoms with Gasteiger partial charge in [-0.3, -0.25) is 0 Å². The molecule has 0 bridgehead atoms. The number of ether oxygens (including phenoxy) is 1. The van der Waals surface area contributed by atoms with E-state index in [0.717, 1.165) is 5.69 Å². The van der Waals surface area contributed by atoms with Gasteiger partial charge in [0.15, 0.2) is 0 Å². The second-order valence-electron chi connectivity index (χ2n) is 4.68. The first-order chi connectivity index (χ1) is 9.43. The minimum atomic E-state index is -0.978. The Morgan fingerprint density at radius 2 is 2.15 bits per heavy atom. The molecule has 0 fully saturated rings. The predicted molar refractivity (Wildman–Crippen MR) is 75.8 cm³/mol. The van der Waals surface area contributed by atoms with Crippen LogP contribution in [0, 0.1) is 18.3 Å². The lowest BCUT2D eigenvalue weighted by molar-refractivity contribution is 0.365. The fourth-order valence-corrected chi connectivity index (χ4v) is 2.54. The highest BCUT2D eigenvalue weighted by molar-refractivity contribution is 6.29. The van der Waals surface area contributed by atoms with Crippen molar-refractivity contribution < 1.29 is 4.74 Å². The van der Waals surface area contributed by atoms with Crippen LogP contribution in [0.3, 0.4) is 0 Å². The first kappa shape index (κ1) is 14.4. The molecule has 2 rings (SSSR count). The van der Waals surface area contributed by atoms with E-state index in [9.17, 15) is 5.26 Å². The highest BCUT2D eigenvalue weighted by Crippen LogP contribution is 2.38. The van der Waals surface area contributed by atoms with E-state index in [1.807, 2.05) is 6.92 Å². The zero-order valence-electron chi connectivity index (χ0n) is 11.8. The van der Waals surface area contributed by atoms with Crippen LogP contribution in [0.15, 0.2) is 18.2 Å². The lowest BCUT2D eigenvalue weighted by Gasteiger charge is -2.22. The number of rotatable bonds is 3. The van der Waals surface area contributed by atoms with Crippen LogP contribution in [-0.2, 0) is 12.5 Å². The van der Waals surface area contributed by atoms with E-state index in [1.54, 1.807) is 44.0 Å². The van der Waals surface area contributed by atoms with E-state index in [2.05, 4.69) is 16.2 Å². The summed E-state index contributed by atoms with van der Waals surface area (Å²) in [6.07, 6.45) is 0. The first-order valence-electron chi connectivity index (χ1n) is 6.06. The van der Waals surface area contributed by atoms with Gasteiger partial charge in [0.2, 0.25) is 5.88 Å². The molecule has 0 radical (unpaired) electrons. The summed E-state index contributed by atoms with van der Waals surface area (Å²) in [7, 11) is 3.33. The molecule has 0 aromatic carbocycles. The van der Waals surface area contributed by atoms with Crippen molar-refractivity contribution in [2.24, 2.45) is 7.05 Å². The van der Waals surface area contributed by atoms with Crippen LogP contribution in [0.1, 0.15) is 23.9 Å². The molecule has 6 heteroatoms. The van der Waals surface area contributed by atoms with Crippen LogP contribution in [0.5, 0.6) is 5.88 Å². The molecule has 20 heavy (non-hydrogen) atoms. The largest absolute Gasteiger partial charge is 0.481 e. The molecule has 2 heterocycles. The molecule has 0 saturated carbocycles. The Hall–Kier alpha value is -2.06. The van der Waals surface area contributed by atoms with Crippen molar-refractivity contribution in [3.63, 3.8) is 0 Å². The van der Waals surface area contributed by atoms with Crippen molar-refractivity contribution in [3.05, 3.63) is 40.3 Å². The first-order valence-corrected chi connectivity index (χ1v) is 6.44. The van der Waals surface area contributed by atoms with Gasteiger partial charge < -0.3 is 4.74 Å². The van der Waals surface area contributed by atoms with E-state index in [4.69, 9.17) is 16.3 Å². The highest BCUT2D eigenvalue weighted by Gasteiger charge is 2.38. The summed E-state index contributed by atoms with van der Waals surface area (Å²) >= 11 is 5.94. The Balaban J connectivity index is 2.72. The number of hydrogen-bond acceptors (Lipinski definition) is 4. The smallest absolute Gasteiger partial charge is 0.216 e. The maximum atomic E-state index is 9.71. The minimum absolute atomic E-state index is 0.351. The molecule has 104 valence electrons. The zero-order valence-corrected chi connectivity index (χ0v) is 12.6. The molecule has 1 unspecified atom stereocenters. The molecule has 0 spiro atoms. The molecule has 2 aromatic rings. The molecular formula is C14H15ClN4O. The number of aryl methyl sites for hydroxylation is 2. The Labute approximate surface area is 122 Å². The van der Waals surface area contributed by atoms with Crippen molar-refractivity contribution in [3.8, 4) is 11.9 Å². The average Bonchev–Trinajstić information content (AvgIpc) is 2.72. The standard InChI is InChI=1S/C14H15ClN4O/c1-9-12(13(20-4)19(3)18-9)14(2,8-16)10-6-5-7-11(15)17-10/h5-7H,1-4H3. The molecule has 0 amide bonds. The van der Waals surface area contributed by atoms with Gasteiger partial charge in [0, 0.05) is 7.05 Å². The Bertz CT molecular complexity index is 689. The molecule has 0 aliphatic carbocycles. The molecule has 0 N–H and O–H groups in total. The normalized spacial score (nSPS) is 13.6. The third-order valence-electron chi connectivity index (χ3n) is 3.31. The third kappa shape index (κ3) is 2.12. The van der Waals surface area contributed by atoms with E-state index in [0.29, 0.717) is 22.3 Å². The zero-order chi connectivity index (χ0) is 14.9. The molecule has 0 aliphatic heterocycles. The van der Waals surface area contributed by atoms with Gasteiger partial charge in [0.25, 0.3) is 0 Å². The van der Waals surface area contributed by atoms with Crippen molar-refractivity contribution in [1.29, 1.82) is 5.26 Å². The molecule has 0 aliphatic rings. The monoisotopic (exact) mass is 290 g/mol. The fourth-order valence-electron chi connectivity index (χ4n) is 2.37. The van der Waals surface area contributed by atoms with Gasteiger partial charge in [-0.25, -0.2) is 9.67 Å². The van der Waals surface area contributed by atoms with Crippen LogP contribution in [-0.4, -0.2) is 21.9 Å². The number of halogens is 1. The van der Waals surface area contributed by atoms with Crippen LogP contribution in [0.25, 0.3) is 0 Å². The topological polar surface area (TPSA) is 63.7 Å². The molecule has 0 saturated heterocycles. The van der Waals surface area contributed by atoms with E-state index >= 15 is 0 Å². The second-order valence-corrected chi connectivity index (χ2v) is 5.06. The van der Waals surface area contributed by atoms with Gasteiger partial charge in [-0.15, -0.1) is 0 Å². The number of methoxy groups -OCH3 is 1. The summed E-state index contributed by atoms with van der Waals surface area (Å²) in [4.78, 5) is 4.27. The van der Waals surface area contributed by atoms with Crippen molar-refractivity contribution in [2.75, 3.05) is 7.11 Å². The summed E-state index contributed by atoms with van der Waals surface area (Å²) in [5.74, 6) is 0.549. The lowest BCUT2D eigenvalue weighted by atomic mass is 9.80. The lowest BCUT2D eigenvalue weighted by Crippen LogP contribution is -2.24. The fraction of sp³-hybridized carbons (Fsp3) is 0.357. The molecule has 5 nitrogen and oxygen atoms in total. The summed E-state index contributed by atoms with van der Waals surface area (Å²) in [6.45, 7) is 3.64. The molecular weight excluding hydrogens is 276 g/mol. The summed E-state index contributed by atoms with van der Waals surface area (Å²) in [5.41, 5.74) is 1.03. The quantitative estimate of drug-likeness (QED) is 0.815. The third-order valence-corrected chi connectivity index (χ3v) is 3.52. The average molecular weight is 291 g/mol. The van der Waals surface area contributed by atoms with Gasteiger partial charge in [-0.2, -0.15) is 10.4 Å². The molecule has 1 atom stereocenters. The van der Waals surface area contributed by atoms with Crippen molar-refractivity contribution in [2.45, 2.75) is 19.3 Å². The summed E-state index contributed by atoms with van der Waals surface area (Å²) < 4.78 is 7.00. The van der Waals surface area contributed by atoms with E-state index in [-0.39, 0.29) is 0 Å². The van der Waals surface area contributed by atoms with Gasteiger partial charge >= 0.3 is 0 Å².